The van der Waals surface area contributed by atoms with Crippen molar-refractivity contribution in [2.45, 2.75) is 13.0 Å². The molecule has 1 aliphatic heterocycles. The molecule has 1 aliphatic rings. The van der Waals surface area contributed by atoms with Crippen LogP contribution in [-0.4, -0.2) is 47.7 Å². The number of halogens is 1. The third-order valence-electron chi connectivity index (χ3n) is 3.34. The molecule has 2 rings (SSSR count). The number of hydrogen-bond acceptors (Lipinski definition) is 3. The number of ether oxygens (including phenoxy) is 1. The predicted molar refractivity (Wildman–Crippen MR) is 74.0 cm³/mol. The number of morpholine rings is 1. The molecule has 1 amide bonds. The summed E-state index contributed by atoms with van der Waals surface area (Å²) < 4.78 is 18.7. The van der Waals surface area contributed by atoms with E-state index in [1.165, 1.54) is 17.0 Å². The summed E-state index contributed by atoms with van der Waals surface area (Å²) in [6.07, 6.45) is 1.26. The lowest BCUT2D eigenvalue weighted by atomic mass is 10.1. The van der Waals surface area contributed by atoms with Gasteiger partial charge in [0.15, 0.2) is 6.04 Å². The van der Waals surface area contributed by atoms with Crippen LogP contribution in [0.2, 0.25) is 0 Å². The summed E-state index contributed by atoms with van der Waals surface area (Å²) >= 11 is 0. The first kappa shape index (κ1) is 15.2. The number of amides is 1. The molecule has 0 saturated carbocycles. The maximum Gasteiger partial charge on any atom is 0.328 e. The van der Waals surface area contributed by atoms with E-state index in [9.17, 15) is 14.0 Å². The number of carbonyl (C=O) groups excluding carboxylic acids is 1. The Bertz CT molecular complexity index is 585. The highest BCUT2D eigenvalue weighted by Gasteiger charge is 2.31. The van der Waals surface area contributed by atoms with Gasteiger partial charge in [0.1, 0.15) is 5.82 Å². The fourth-order valence-electron chi connectivity index (χ4n) is 2.20. The molecule has 1 unspecified atom stereocenters. The van der Waals surface area contributed by atoms with Crippen molar-refractivity contribution in [1.82, 2.24) is 4.90 Å². The minimum atomic E-state index is -1.11. The van der Waals surface area contributed by atoms with Gasteiger partial charge in [-0.25, -0.2) is 9.18 Å². The van der Waals surface area contributed by atoms with Gasteiger partial charge >= 0.3 is 5.97 Å². The Hall–Kier alpha value is -2.21. The largest absolute Gasteiger partial charge is 0.480 e. The number of nitrogens with zero attached hydrogens (tertiary/aromatic N) is 1. The van der Waals surface area contributed by atoms with Crippen LogP contribution in [-0.2, 0) is 14.3 Å². The Morgan fingerprint density at radius 1 is 1.43 bits per heavy atom. The number of benzene rings is 1. The summed E-state index contributed by atoms with van der Waals surface area (Å²) in [5, 5.41) is 9.10. The van der Waals surface area contributed by atoms with Crippen molar-refractivity contribution in [2.24, 2.45) is 0 Å². The molecule has 1 atom stereocenters. The van der Waals surface area contributed by atoms with Crippen molar-refractivity contribution in [2.75, 3.05) is 19.8 Å². The molecule has 5 nitrogen and oxygen atoms in total. The monoisotopic (exact) mass is 293 g/mol. The Labute approximate surface area is 121 Å². The zero-order valence-corrected chi connectivity index (χ0v) is 11.6. The third-order valence-corrected chi connectivity index (χ3v) is 3.34. The number of aliphatic carboxylic acids is 1. The van der Waals surface area contributed by atoms with Gasteiger partial charge in [-0.15, -0.1) is 0 Å². The molecular formula is C15H16FNO4. The van der Waals surface area contributed by atoms with Crippen LogP contribution in [0, 0.1) is 5.82 Å². The molecule has 0 aromatic heterocycles. The van der Waals surface area contributed by atoms with Gasteiger partial charge in [-0.05, 0) is 18.6 Å². The van der Waals surface area contributed by atoms with E-state index in [2.05, 4.69) is 0 Å². The molecule has 0 radical (unpaired) electrons. The fourth-order valence-corrected chi connectivity index (χ4v) is 2.20. The molecular weight excluding hydrogens is 277 g/mol. The van der Waals surface area contributed by atoms with Crippen molar-refractivity contribution in [3.05, 3.63) is 41.7 Å². The highest BCUT2D eigenvalue weighted by atomic mass is 19.1. The molecule has 0 bridgehead atoms. The van der Waals surface area contributed by atoms with Crippen molar-refractivity contribution in [3.8, 4) is 0 Å². The Morgan fingerprint density at radius 2 is 2.14 bits per heavy atom. The van der Waals surface area contributed by atoms with Crippen molar-refractivity contribution < 1.29 is 23.8 Å². The first-order valence-electron chi connectivity index (χ1n) is 6.55. The number of rotatable bonds is 3. The lowest BCUT2D eigenvalue weighted by Gasteiger charge is -2.32. The number of carbonyl (C=O) groups is 2. The first-order valence-corrected chi connectivity index (χ1v) is 6.55. The molecule has 21 heavy (non-hydrogen) atoms. The van der Waals surface area contributed by atoms with E-state index in [1.807, 2.05) is 0 Å². The van der Waals surface area contributed by atoms with E-state index in [0.29, 0.717) is 17.7 Å². The molecule has 1 fully saturated rings. The van der Waals surface area contributed by atoms with E-state index in [4.69, 9.17) is 9.84 Å². The summed E-state index contributed by atoms with van der Waals surface area (Å²) in [7, 11) is 0. The van der Waals surface area contributed by atoms with E-state index >= 15 is 0 Å². The number of carboxylic acid groups (broad SMARTS) is 1. The molecule has 1 saturated heterocycles. The minimum Gasteiger partial charge on any atom is -0.480 e. The zero-order chi connectivity index (χ0) is 15.4. The van der Waals surface area contributed by atoms with Crippen LogP contribution in [0.15, 0.2) is 30.3 Å². The molecule has 112 valence electrons. The van der Waals surface area contributed by atoms with Gasteiger partial charge in [0.25, 0.3) is 0 Å². The molecule has 0 aliphatic carbocycles. The van der Waals surface area contributed by atoms with Crippen LogP contribution in [0.1, 0.15) is 12.5 Å². The quantitative estimate of drug-likeness (QED) is 0.859. The van der Waals surface area contributed by atoms with E-state index < -0.39 is 23.7 Å². The standard InChI is InChI=1S/C15H16FNO4/c1-10(11-4-2-3-5-12(11)16)8-14(18)17-6-7-21-9-13(17)15(19)20/h2-5,8,13H,6-7,9H2,1H3,(H,19,20)/b10-8-. The lowest BCUT2D eigenvalue weighted by Crippen LogP contribution is -2.52. The summed E-state index contributed by atoms with van der Waals surface area (Å²) in [6, 6.07) is 5.12. The summed E-state index contributed by atoms with van der Waals surface area (Å²) in [4.78, 5) is 24.6. The smallest absolute Gasteiger partial charge is 0.328 e. The topological polar surface area (TPSA) is 66.8 Å². The van der Waals surface area contributed by atoms with Gasteiger partial charge in [-0.1, -0.05) is 18.2 Å². The van der Waals surface area contributed by atoms with Crippen LogP contribution in [0.4, 0.5) is 4.39 Å². The van der Waals surface area contributed by atoms with Crippen LogP contribution in [0.3, 0.4) is 0 Å². The van der Waals surface area contributed by atoms with Gasteiger partial charge in [0.2, 0.25) is 5.91 Å². The number of allylic oxidation sites excluding steroid dienone is 1. The lowest BCUT2D eigenvalue weighted by molar-refractivity contribution is -0.156. The third kappa shape index (κ3) is 3.46. The highest BCUT2D eigenvalue weighted by molar-refractivity contribution is 5.97. The SMILES string of the molecule is C/C(=C/C(=O)N1CCOCC1C(=O)O)c1ccccc1F. The second-order valence-corrected chi connectivity index (χ2v) is 4.77. The van der Waals surface area contributed by atoms with Crippen LogP contribution >= 0.6 is 0 Å². The molecule has 1 aromatic carbocycles. The Kier molecular flexibility index (Phi) is 4.70. The maximum atomic E-state index is 13.7. The summed E-state index contributed by atoms with van der Waals surface area (Å²) in [6.45, 7) is 2.08. The molecule has 1 heterocycles. The van der Waals surface area contributed by atoms with E-state index in [0.717, 1.165) is 0 Å². The average Bonchev–Trinajstić information content (AvgIpc) is 2.47. The molecule has 1 aromatic rings. The second-order valence-electron chi connectivity index (χ2n) is 4.77. The van der Waals surface area contributed by atoms with Crippen LogP contribution in [0.5, 0.6) is 0 Å². The maximum absolute atomic E-state index is 13.7. The predicted octanol–water partition coefficient (Wildman–Crippen LogP) is 1.54. The van der Waals surface area contributed by atoms with Crippen LogP contribution in [0.25, 0.3) is 5.57 Å². The Balaban J connectivity index is 2.21. The first-order chi connectivity index (χ1) is 10.0. The molecule has 1 N–H and O–H groups in total. The highest BCUT2D eigenvalue weighted by Crippen LogP contribution is 2.18. The zero-order valence-electron chi connectivity index (χ0n) is 11.6. The molecule has 0 spiro atoms. The van der Waals surface area contributed by atoms with Gasteiger partial charge in [0.05, 0.1) is 13.2 Å². The Morgan fingerprint density at radius 3 is 2.81 bits per heavy atom. The summed E-state index contributed by atoms with van der Waals surface area (Å²) in [5.74, 6) is -1.98. The normalized spacial score (nSPS) is 19.4. The van der Waals surface area contributed by atoms with E-state index in [1.54, 1.807) is 25.1 Å². The van der Waals surface area contributed by atoms with Gasteiger partial charge < -0.3 is 14.7 Å². The summed E-state index contributed by atoms with van der Waals surface area (Å²) in [5.41, 5.74) is 0.778. The average molecular weight is 293 g/mol. The van der Waals surface area contributed by atoms with Gasteiger partial charge in [-0.2, -0.15) is 0 Å². The number of carboxylic acids is 1. The minimum absolute atomic E-state index is 0.0341. The van der Waals surface area contributed by atoms with Gasteiger partial charge in [0, 0.05) is 18.2 Å². The van der Waals surface area contributed by atoms with Crippen molar-refractivity contribution in [1.29, 1.82) is 0 Å². The van der Waals surface area contributed by atoms with Crippen molar-refractivity contribution >= 4 is 17.4 Å². The second kappa shape index (κ2) is 6.49. The van der Waals surface area contributed by atoms with Crippen molar-refractivity contribution in [3.63, 3.8) is 0 Å². The van der Waals surface area contributed by atoms with Gasteiger partial charge in [-0.3, -0.25) is 4.79 Å². The van der Waals surface area contributed by atoms with E-state index in [-0.39, 0.29) is 13.2 Å². The van der Waals surface area contributed by atoms with Crippen LogP contribution < -0.4 is 0 Å². The molecule has 6 heteroatoms. The fraction of sp³-hybridized carbons (Fsp3) is 0.333. The number of hydrogen-bond donors (Lipinski definition) is 1.